The Bertz CT molecular complexity index is 600. The Balaban J connectivity index is 2.12. The third kappa shape index (κ3) is 2.07. The van der Waals surface area contributed by atoms with E-state index in [-0.39, 0.29) is 0 Å². The second-order valence-corrected chi connectivity index (χ2v) is 4.53. The number of nitrogens with two attached hydrogens (primary N) is 1. The third-order valence-electron chi connectivity index (χ3n) is 3.29. The molecule has 1 aliphatic rings. The second kappa shape index (κ2) is 4.76. The maximum Gasteiger partial charge on any atom is 0.142 e. The number of ether oxygens (including phenoxy) is 1. The van der Waals surface area contributed by atoms with Crippen LogP contribution < -0.4 is 15.4 Å². The molecule has 2 heterocycles. The van der Waals surface area contributed by atoms with Gasteiger partial charge in [-0.1, -0.05) is 12.1 Å². The third-order valence-corrected chi connectivity index (χ3v) is 3.29. The van der Waals surface area contributed by atoms with Crippen LogP contribution in [0, 0.1) is 6.92 Å². The quantitative estimate of drug-likeness (QED) is 0.848. The molecule has 0 radical (unpaired) electrons. The molecule has 98 valence electrons. The highest BCUT2D eigenvalue weighted by Crippen LogP contribution is 2.36. The summed E-state index contributed by atoms with van der Waals surface area (Å²) in [4.78, 5) is 10.6. The summed E-state index contributed by atoms with van der Waals surface area (Å²) in [5, 5.41) is 0. The molecule has 0 unspecified atom stereocenters. The summed E-state index contributed by atoms with van der Waals surface area (Å²) < 4.78 is 5.75. The van der Waals surface area contributed by atoms with Gasteiger partial charge in [0.2, 0.25) is 0 Å². The highest BCUT2D eigenvalue weighted by molar-refractivity contribution is 5.71. The lowest BCUT2D eigenvalue weighted by Gasteiger charge is -2.24. The van der Waals surface area contributed by atoms with E-state index in [1.807, 2.05) is 31.2 Å². The van der Waals surface area contributed by atoms with Crippen molar-refractivity contribution in [3.8, 4) is 5.75 Å². The number of para-hydroxylation sites is 2. The number of aromatic nitrogens is 2. The number of fused-ring (bicyclic) bond motifs is 1. The first-order valence-corrected chi connectivity index (χ1v) is 6.34. The fourth-order valence-corrected chi connectivity index (χ4v) is 2.27. The van der Waals surface area contributed by atoms with Crippen LogP contribution in [0.15, 0.2) is 30.6 Å². The predicted octanol–water partition coefficient (Wildman–Crippen LogP) is 2.29. The van der Waals surface area contributed by atoms with Crippen molar-refractivity contribution in [2.45, 2.75) is 13.3 Å². The Morgan fingerprint density at radius 3 is 3.00 bits per heavy atom. The molecule has 1 aromatic heterocycles. The molecule has 0 saturated heterocycles. The molecule has 2 aromatic rings. The lowest BCUT2D eigenvalue weighted by molar-refractivity contribution is 0.322. The molecule has 5 heteroatoms. The highest BCUT2D eigenvalue weighted by Gasteiger charge is 2.20. The standard InChI is InChI=1S/C14H16N4O/c1-10-13(15)16-9-17-14(10)18-7-4-8-19-12-6-3-2-5-11(12)18/h2-3,5-6,9H,4,7-8H2,1H3,(H2,15,16,17). The minimum Gasteiger partial charge on any atom is -0.491 e. The minimum absolute atomic E-state index is 0.521. The molecule has 0 fully saturated rings. The van der Waals surface area contributed by atoms with E-state index in [4.69, 9.17) is 10.5 Å². The van der Waals surface area contributed by atoms with Crippen LogP contribution in [0.3, 0.4) is 0 Å². The molecule has 19 heavy (non-hydrogen) atoms. The Kier molecular flexibility index (Phi) is 2.95. The molecule has 5 nitrogen and oxygen atoms in total. The first-order valence-electron chi connectivity index (χ1n) is 6.34. The van der Waals surface area contributed by atoms with Crippen molar-refractivity contribution in [2.75, 3.05) is 23.8 Å². The summed E-state index contributed by atoms with van der Waals surface area (Å²) in [7, 11) is 0. The molecule has 1 aromatic carbocycles. The van der Waals surface area contributed by atoms with Crippen molar-refractivity contribution < 1.29 is 4.74 Å². The molecular formula is C14H16N4O. The van der Waals surface area contributed by atoms with Gasteiger partial charge >= 0.3 is 0 Å². The van der Waals surface area contributed by atoms with Crippen LogP contribution >= 0.6 is 0 Å². The maximum absolute atomic E-state index is 5.88. The summed E-state index contributed by atoms with van der Waals surface area (Å²) >= 11 is 0. The molecule has 0 bridgehead atoms. The van der Waals surface area contributed by atoms with Crippen LogP contribution in [0.5, 0.6) is 5.75 Å². The van der Waals surface area contributed by atoms with Gasteiger partial charge in [0.25, 0.3) is 0 Å². The van der Waals surface area contributed by atoms with E-state index in [1.54, 1.807) is 0 Å². The summed E-state index contributed by atoms with van der Waals surface area (Å²) in [6.45, 7) is 3.51. The van der Waals surface area contributed by atoms with Gasteiger partial charge in [0, 0.05) is 12.1 Å². The Morgan fingerprint density at radius 1 is 1.26 bits per heavy atom. The predicted molar refractivity (Wildman–Crippen MR) is 74.7 cm³/mol. The minimum atomic E-state index is 0.521. The van der Waals surface area contributed by atoms with E-state index in [0.29, 0.717) is 12.4 Å². The Morgan fingerprint density at radius 2 is 2.11 bits per heavy atom. The Hall–Kier alpha value is -2.30. The van der Waals surface area contributed by atoms with Gasteiger partial charge in [-0.2, -0.15) is 0 Å². The van der Waals surface area contributed by atoms with Gasteiger partial charge in [-0.15, -0.1) is 0 Å². The van der Waals surface area contributed by atoms with Crippen LogP contribution in [0.25, 0.3) is 0 Å². The van der Waals surface area contributed by atoms with Crippen molar-refractivity contribution in [1.29, 1.82) is 0 Å². The topological polar surface area (TPSA) is 64.3 Å². The number of nitrogen functional groups attached to an aromatic ring is 1. The number of benzene rings is 1. The van der Waals surface area contributed by atoms with Gasteiger partial charge in [-0.3, -0.25) is 0 Å². The van der Waals surface area contributed by atoms with Crippen molar-refractivity contribution >= 4 is 17.3 Å². The molecule has 0 atom stereocenters. The molecule has 0 aliphatic carbocycles. The number of anilines is 3. The maximum atomic E-state index is 5.88. The number of rotatable bonds is 1. The van der Waals surface area contributed by atoms with Crippen LogP contribution in [0.1, 0.15) is 12.0 Å². The van der Waals surface area contributed by atoms with Crippen LogP contribution in [-0.2, 0) is 0 Å². The smallest absolute Gasteiger partial charge is 0.142 e. The summed E-state index contributed by atoms with van der Waals surface area (Å²) in [6.07, 6.45) is 2.45. The summed E-state index contributed by atoms with van der Waals surface area (Å²) in [6, 6.07) is 8.00. The summed E-state index contributed by atoms with van der Waals surface area (Å²) in [5.41, 5.74) is 7.81. The van der Waals surface area contributed by atoms with Gasteiger partial charge in [0.1, 0.15) is 23.7 Å². The molecule has 2 N–H and O–H groups in total. The van der Waals surface area contributed by atoms with Gasteiger partial charge in [0.15, 0.2) is 0 Å². The van der Waals surface area contributed by atoms with Crippen molar-refractivity contribution in [3.63, 3.8) is 0 Å². The van der Waals surface area contributed by atoms with Gasteiger partial charge < -0.3 is 15.4 Å². The average Bonchev–Trinajstić information content (AvgIpc) is 2.64. The second-order valence-electron chi connectivity index (χ2n) is 4.53. The van der Waals surface area contributed by atoms with E-state index in [1.165, 1.54) is 6.33 Å². The Labute approximate surface area is 112 Å². The SMILES string of the molecule is Cc1c(N)ncnc1N1CCCOc2ccccc21. The summed E-state index contributed by atoms with van der Waals surface area (Å²) in [5.74, 6) is 2.26. The number of hydrogen-bond acceptors (Lipinski definition) is 5. The van der Waals surface area contributed by atoms with Gasteiger partial charge in [-0.25, -0.2) is 9.97 Å². The van der Waals surface area contributed by atoms with E-state index < -0.39 is 0 Å². The monoisotopic (exact) mass is 256 g/mol. The average molecular weight is 256 g/mol. The van der Waals surface area contributed by atoms with Crippen LogP contribution in [0.2, 0.25) is 0 Å². The zero-order valence-corrected chi connectivity index (χ0v) is 10.8. The van der Waals surface area contributed by atoms with E-state index in [9.17, 15) is 0 Å². The van der Waals surface area contributed by atoms with Gasteiger partial charge in [0.05, 0.1) is 12.3 Å². The number of nitrogens with zero attached hydrogens (tertiary/aromatic N) is 3. The van der Waals surface area contributed by atoms with Crippen molar-refractivity contribution in [2.24, 2.45) is 0 Å². The molecular weight excluding hydrogens is 240 g/mol. The first kappa shape index (κ1) is 11.8. The molecule has 1 aliphatic heterocycles. The van der Waals surface area contributed by atoms with E-state index >= 15 is 0 Å². The van der Waals surface area contributed by atoms with Crippen LogP contribution in [-0.4, -0.2) is 23.1 Å². The fourth-order valence-electron chi connectivity index (χ4n) is 2.27. The van der Waals surface area contributed by atoms with Gasteiger partial charge in [-0.05, 0) is 25.5 Å². The normalized spacial score (nSPS) is 14.5. The van der Waals surface area contributed by atoms with Crippen molar-refractivity contribution in [3.05, 3.63) is 36.2 Å². The molecule has 0 spiro atoms. The van der Waals surface area contributed by atoms with Crippen LogP contribution in [0.4, 0.5) is 17.3 Å². The van der Waals surface area contributed by atoms with Crippen molar-refractivity contribution in [1.82, 2.24) is 9.97 Å². The number of hydrogen-bond donors (Lipinski definition) is 1. The highest BCUT2D eigenvalue weighted by atomic mass is 16.5. The molecule has 3 rings (SSSR count). The fraction of sp³-hybridized carbons (Fsp3) is 0.286. The largest absolute Gasteiger partial charge is 0.491 e. The lowest BCUT2D eigenvalue weighted by Crippen LogP contribution is -2.20. The molecule has 0 saturated carbocycles. The van der Waals surface area contributed by atoms with E-state index in [2.05, 4.69) is 14.9 Å². The zero-order chi connectivity index (χ0) is 13.2. The zero-order valence-electron chi connectivity index (χ0n) is 10.8. The lowest BCUT2D eigenvalue weighted by atomic mass is 10.2. The van der Waals surface area contributed by atoms with E-state index in [0.717, 1.165) is 35.8 Å². The first-order chi connectivity index (χ1) is 9.27. The molecule has 0 amide bonds.